The highest BCUT2D eigenvalue weighted by molar-refractivity contribution is 5.89. The standard InChI is InChI=1S/C23H22O/c1-17(18-8-4-2-5-9-18)23-15-14-22(16-24-22)21(23)13-12-20(23)19-10-6-3-7-11-19/h2-12,21H,1,13-16H2/t21?,22?,23-/m1/s1. The highest BCUT2D eigenvalue weighted by Gasteiger charge is 2.67. The molecule has 1 heterocycles. The van der Waals surface area contributed by atoms with E-state index in [-0.39, 0.29) is 11.0 Å². The predicted molar refractivity (Wildman–Crippen MR) is 98.4 cm³/mol. The van der Waals surface area contributed by atoms with Crippen molar-refractivity contribution >= 4 is 11.1 Å². The summed E-state index contributed by atoms with van der Waals surface area (Å²) in [5.74, 6) is 0.535. The van der Waals surface area contributed by atoms with Crippen LogP contribution >= 0.6 is 0 Å². The Balaban J connectivity index is 1.65. The number of benzene rings is 2. The molecule has 3 aliphatic rings. The Hall–Kier alpha value is -2.12. The van der Waals surface area contributed by atoms with Crippen molar-refractivity contribution < 1.29 is 4.74 Å². The van der Waals surface area contributed by atoms with Gasteiger partial charge in [0.1, 0.15) is 0 Å². The molecule has 1 nitrogen and oxygen atoms in total. The molecule has 2 aromatic carbocycles. The molecular weight excluding hydrogens is 292 g/mol. The van der Waals surface area contributed by atoms with E-state index in [4.69, 9.17) is 4.74 Å². The molecule has 24 heavy (non-hydrogen) atoms. The molecule has 5 rings (SSSR count). The van der Waals surface area contributed by atoms with Crippen molar-refractivity contribution in [2.75, 3.05) is 6.61 Å². The molecule has 0 bridgehead atoms. The Morgan fingerprint density at radius 3 is 2.29 bits per heavy atom. The van der Waals surface area contributed by atoms with Crippen molar-refractivity contribution in [2.45, 2.75) is 24.9 Å². The van der Waals surface area contributed by atoms with Crippen LogP contribution < -0.4 is 0 Å². The molecule has 2 aliphatic carbocycles. The van der Waals surface area contributed by atoms with E-state index in [9.17, 15) is 0 Å². The van der Waals surface area contributed by atoms with Gasteiger partial charge in [0.05, 0.1) is 12.2 Å². The molecule has 0 amide bonds. The molecule has 1 heteroatoms. The van der Waals surface area contributed by atoms with Crippen LogP contribution in [0.4, 0.5) is 0 Å². The zero-order valence-electron chi connectivity index (χ0n) is 13.9. The average molecular weight is 314 g/mol. The zero-order valence-corrected chi connectivity index (χ0v) is 13.9. The second kappa shape index (κ2) is 4.94. The third-order valence-corrected chi connectivity index (χ3v) is 6.47. The van der Waals surface area contributed by atoms with Crippen molar-refractivity contribution in [1.82, 2.24) is 0 Å². The number of allylic oxidation sites excluding steroid dienone is 3. The summed E-state index contributed by atoms with van der Waals surface area (Å²) in [6.07, 6.45) is 5.87. The van der Waals surface area contributed by atoms with E-state index in [1.807, 2.05) is 0 Å². The normalized spacial score (nSPS) is 33.3. The minimum absolute atomic E-state index is 0.0270. The molecule has 1 saturated carbocycles. The lowest BCUT2D eigenvalue weighted by Crippen LogP contribution is -2.30. The Morgan fingerprint density at radius 2 is 1.62 bits per heavy atom. The fourth-order valence-corrected chi connectivity index (χ4v) is 5.21. The number of hydrogen-bond donors (Lipinski definition) is 0. The molecule has 0 radical (unpaired) electrons. The molecule has 0 N–H and O–H groups in total. The van der Waals surface area contributed by atoms with Crippen LogP contribution in [-0.2, 0) is 4.74 Å². The minimum atomic E-state index is 0.0270. The van der Waals surface area contributed by atoms with Crippen LogP contribution in [0.15, 0.2) is 73.3 Å². The van der Waals surface area contributed by atoms with Crippen LogP contribution in [0, 0.1) is 11.3 Å². The van der Waals surface area contributed by atoms with Crippen LogP contribution in [0.25, 0.3) is 11.1 Å². The van der Waals surface area contributed by atoms with E-state index in [0.29, 0.717) is 5.92 Å². The summed E-state index contributed by atoms with van der Waals surface area (Å²) in [4.78, 5) is 0. The Morgan fingerprint density at radius 1 is 0.958 bits per heavy atom. The number of fused-ring (bicyclic) bond motifs is 2. The van der Waals surface area contributed by atoms with Gasteiger partial charge < -0.3 is 4.74 Å². The van der Waals surface area contributed by atoms with Crippen LogP contribution in [0.1, 0.15) is 30.4 Å². The number of hydrogen-bond acceptors (Lipinski definition) is 1. The fraction of sp³-hybridized carbons (Fsp3) is 0.304. The van der Waals surface area contributed by atoms with Gasteiger partial charge in [-0.05, 0) is 41.5 Å². The van der Waals surface area contributed by atoms with Gasteiger partial charge in [-0.1, -0.05) is 73.3 Å². The fourth-order valence-electron chi connectivity index (χ4n) is 5.21. The predicted octanol–water partition coefficient (Wildman–Crippen LogP) is 5.35. The van der Waals surface area contributed by atoms with E-state index >= 15 is 0 Å². The van der Waals surface area contributed by atoms with E-state index in [1.165, 1.54) is 22.3 Å². The van der Waals surface area contributed by atoms with E-state index in [1.54, 1.807) is 0 Å². The van der Waals surface area contributed by atoms with Crippen molar-refractivity contribution in [3.05, 3.63) is 84.4 Å². The third kappa shape index (κ3) is 1.79. The van der Waals surface area contributed by atoms with Gasteiger partial charge >= 0.3 is 0 Å². The molecule has 1 aliphatic heterocycles. The van der Waals surface area contributed by atoms with Gasteiger partial charge in [0.25, 0.3) is 0 Å². The first-order valence-corrected chi connectivity index (χ1v) is 8.91. The summed E-state index contributed by atoms with van der Waals surface area (Å²) in [6.45, 7) is 5.54. The van der Waals surface area contributed by atoms with Gasteiger partial charge in [-0.3, -0.25) is 0 Å². The first kappa shape index (κ1) is 14.2. The molecule has 2 fully saturated rings. The monoisotopic (exact) mass is 314 g/mol. The van der Waals surface area contributed by atoms with Crippen molar-refractivity contribution in [1.29, 1.82) is 0 Å². The number of ether oxygens (including phenoxy) is 1. The van der Waals surface area contributed by atoms with Crippen LogP contribution in [0.2, 0.25) is 0 Å². The Labute approximate surface area is 143 Å². The molecule has 120 valence electrons. The van der Waals surface area contributed by atoms with E-state index in [0.717, 1.165) is 25.9 Å². The maximum Gasteiger partial charge on any atom is 0.0959 e. The van der Waals surface area contributed by atoms with Crippen molar-refractivity contribution in [3.8, 4) is 0 Å². The summed E-state index contributed by atoms with van der Waals surface area (Å²) >= 11 is 0. The van der Waals surface area contributed by atoms with Crippen LogP contribution in [0.5, 0.6) is 0 Å². The second-order valence-electron chi connectivity index (χ2n) is 7.44. The molecule has 2 aromatic rings. The number of rotatable bonds is 3. The quantitative estimate of drug-likeness (QED) is 0.695. The Bertz CT molecular complexity index is 814. The van der Waals surface area contributed by atoms with E-state index in [2.05, 4.69) is 73.3 Å². The first-order valence-electron chi connectivity index (χ1n) is 8.91. The SMILES string of the molecule is C=C(c1ccccc1)[C@@]12CCC3(CO3)C1CC=C2c1ccccc1. The maximum atomic E-state index is 5.99. The lowest BCUT2D eigenvalue weighted by molar-refractivity contribution is 0.224. The van der Waals surface area contributed by atoms with E-state index < -0.39 is 0 Å². The van der Waals surface area contributed by atoms with Crippen molar-refractivity contribution in [2.24, 2.45) is 11.3 Å². The lowest BCUT2D eigenvalue weighted by atomic mass is 9.65. The molecule has 1 spiro atoms. The highest BCUT2D eigenvalue weighted by Crippen LogP contribution is 2.70. The highest BCUT2D eigenvalue weighted by atomic mass is 16.6. The van der Waals surface area contributed by atoms with Crippen LogP contribution in [-0.4, -0.2) is 12.2 Å². The summed E-state index contributed by atoms with van der Waals surface area (Å²) in [5.41, 5.74) is 5.49. The molecule has 1 saturated heterocycles. The Kier molecular flexibility index (Phi) is 2.93. The van der Waals surface area contributed by atoms with Gasteiger partial charge in [0, 0.05) is 11.3 Å². The van der Waals surface area contributed by atoms with Crippen molar-refractivity contribution in [3.63, 3.8) is 0 Å². The average Bonchev–Trinajstić information content (AvgIpc) is 3.22. The first-order chi connectivity index (χ1) is 11.8. The summed E-state index contributed by atoms with van der Waals surface area (Å²) < 4.78 is 5.99. The summed E-state index contributed by atoms with van der Waals surface area (Å²) in [7, 11) is 0. The second-order valence-corrected chi connectivity index (χ2v) is 7.44. The van der Waals surface area contributed by atoms with Gasteiger partial charge in [-0.2, -0.15) is 0 Å². The smallest absolute Gasteiger partial charge is 0.0959 e. The number of epoxide rings is 1. The van der Waals surface area contributed by atoms with Gasteiger partial charge in [-0.15, -0.1) is 0 Å². The van der Waals surface area contributed by atoms with Gasteiger partial charge in [0.15, 0.2) is 0 Å². The van der Waals surface area contributed by atoms with Gasteiger partial charge in [-0.25, -0.2) is 0 Å². The lowest BCUT2D eigenvalue weighted by Gasteiger charge is -2.37. The largest absolute Gasteiger partial charge is 0.369 e. The van der Waals surface area contributed by atoms with Crippen LogP contribution in [0.3, 0.4) is 0 Å². The minimum Gasteiger partial charge on any atom is -0.369 e. The summed E-state index contributed by atoms with van der Waals surface area (Å²) in [6, 6.07) is 21.6. The topological polar surface area (TPSA) is 12.5 Å². The summed E-state index contributed by atoms with van der Waals surface area (Å²) in [5, 5.41) is 0. The maximum absolute atomic E-state index is 5.99. The molecule has 0 aromatic heterocycles. The third-order valence-electron chi connectivity index (χ3n) is 6.47. The molecular formula is C23H22O. The molecule has 3 atom stereocenters. The molecule has 2 unspecified atom stereocenters. The van der Waals surface area contributed by atoms with Gasteiger partial charge in [0.2, 0.25) is 0 Å². The zero-order chi connectivity index (χ0) is 16.2.